The zero-order chi connectivity index (χ0) is 23.5. The van der Waals surface area contributed by atoms with E-state index in [0.29, 0.717) is 15.4 Å². The molecule has 4 rings (SSSR count). The van der Waals surface area contributed by atoms with Crippen LogP contribution in [0.25, 0.3) is 10.9 Å². The van der Waals surface area contributed by atoms with Gasteiger partial charge in [-0.3, -0.25) is 9.78 Å². The maximum absolute atomic E-state index is 14.5. The van der Waals surface area contributed by atoms with Crippen molar-refractivity contribution in [3.63, 3.8) is 0 Å². The van der Waals surface area contributed by atoms with Crippen LogP contribution >= 0.6 is 47.8 Å². The Morgan fingerprint density at radius 2 is 1.50 bits per heavy atom. The molecule has 0 unspecified atom stereocenters. The number of halogens is 7. The van der Waals surface area contributed by atoms with Crippen LogP contribution in [0.2, 0.25) is 0 Å². The lowest BCUT2D eigenvalue weighted by Crippen LogP contribution is -2.27. The van der Waals surface area contributed by atoms with Gasteiger partial charge < -0.3 is 0 Å². The summed E-state index contributed by atoms with van der Waals surface area (Å²) in [5, 5.41) is 0.463. The van der Waals surface area contributed by atoms with Crippen molar-refractivity contribution in [3.8, 4) is 0 Å². The van der Waals surface area contributed by atoms with Crippen LogP contribution in [0, 0.1) is 11.9 Å². The first-order valence-corrected chi connectivity index (χ1v) is 11.0. The van der Waals surface area contributed by atoms with Gasteiger partial charge in [0.05, 0.1) is 15.6 Å². The van der Waals surface area contributed by atoms with Crippen LogP contribution in [0.5, 0.6) is 0 Å². The van der Waals surface area contributed by atoms with E-state index in [1.807, 2.05) is 0 Å². The summed E-state index contributed by atoms with van der Waals surface area (Å²) in [7, 11) is 0. The molecule has 0 aliphatic carbocycles. The zero-order valence-electron chi connectivity index (χ0n) is 15.7. The van der Waals surface area contributed by atoms with Crippen molar-refractivity contribution in [2.45, 2.75) is 5.92 Å². The number of benzene rings is 1. The summed E-state index contributed by atoms with van der Waals surface area (Å²) in [6, 6.07) is 9.46. The van der Waals surface area contributed by atoms with Gasteiger partial charge in [0.15, 0.2) is 0 Å². The number of ketones is 1. The molecule has 4 nitrogen and oxygen atoms in total. The average molecular weight is 636 g/mol. The number of carbonyl (C=O) groups excluding carboxylic acids is 1. The molecule has 4 aromatic rings. The molecule has 0 radical (unpaired) electrons. The Labute approximate surface area is 204 Å². The Bertz CT molecular complexity index is 1300. The molecule has 11 heteroatoms. The van der Waals surface area contributed by atoms with Crippen LogP contribution in [0.3, 0.4) is 0 Å². The highest BCUT2D eigenvalue weighted by Gasteiger charge is 2.43. The highest BCUT2D eigenvalue weighted by Crippen LogP contribution is 2.34. The third-order valence-corrected chi connectivity index (χ3v) is 5.49. The molecule has 0 aliphatic rings. The van der Waals surface area contributed by atoms with Gasteiger partial charge in [-0.2, -0.15) is 17.6 Å². The molecule has 0 aliphatic heterocycles. The number of pyridine rings is 3. The van der Waals surface area contributed by atoms with E-state index in [1.165, 1.54) is 24.5 Å². The molecule has 0 bridgehead atoms. The minimum Gasteiger partial charge on any atom is -0.287 e. The number of fused-ring (bicyclic) bond motifs is 1. The molecular formula is C21H10Br3F4N3O. The minimum absolute atomic E-state index is 0.237. The molecule has 0 atom stereocenters. The third kappa shape index (κ3) is 5.57. The summed E-state index contributed by atoms with van der Waals surface area (Å²) >= 11 is 9.10. The quantitative estimate of drug-likeness (QED) is 0.135. The first-order valence-electron chi connectivity index (χ1n) is 8.65. The zero-order valence-corrected chi connectivity index (χ0v) is 20.4. The number of hydrogen-bond acceptors (Lipinski definition) is 4. The van der Waals surface area contributed by atoms with Gasteiger partial charge in [0.25, 0.3) is 0 Å². The average Bonchev–Trinajstić information content (AvgIpc) is 2.77. The van der Waals surface area contributed by atoms with E-state index in [1.54, 1.807) is 18.2 Å². The lowest BCUT2D eigenvalue weighted by atomic mass is 9.98. The monoisotopic (exact) mass is 633 g/mol. The fourth-order valence-electron chi connectivity index (χ4n) is 2.55. The Kier molecular flexibility index (Phi) is 7.73. The first-order chi connectivity index (χ1) is 15.1. The molecule has 32 heavy (non-hydrogen) atoms. The van der Waals surface area contributed by atoms with Gasteiger partial charge >= 0.3 is 5.92 Å². The van der Waals surface area contributed by atoms with Crippen LogP contribution in [0.1, 0.15) is 15.9 Å². The van der Waals surface area contributed by atoms with Crippen molar-refractivity contribution in [1.29, 1.82) is 0 Å². The highest BCUT2D eigenvalue weighted by atomic mass is 79.9. The summed E-state index contributed by atoms with van der Waals surface area (Å²) in [6.45, 7) is 0. The van der Waals surface area contributed by atoms with Crippen LogP contribution < -0.4 is 0 Å². The van der Waals surface area contributed by atoms with Gasteiger partial charge in [0.2, 0.25) is 17.7 Å². The Morgan fingerprint density at radius 1 is 0.844 bits per heavy atom. The van der Waals surface area contributed by atoms with Gasteiger partial charge in [0.1, 0.15) is 0 Å². The Hall–Kier alpha value is -2.24. The molecule has 3 heterocycles. The molecule has 0 spiro atoms. The van der Waals surface area contributed by atoms with Crippen LogP contribution in [-0.2, 0) is 5.92 Å². The van der Waals surface area contributed by atoms with E-state index in [-0.39, 0.29) is 4.47 Å². The van der Waals surface area contributed by atoms with Gasteiger partial charge in [-0.05, 0) is 78.1 Å². The number of Topliss-reactive ketones (excluding diaryl/α,β-unsaturated/α-hetero) is 1. The van der Waals surface area contributed by atoms with E-state index in [4.69, 9.17) is 0 Å². The maximum Gasteiger partial charge on any atom is 0.335 e. The van der Waals surface area contributed by atoms with E-state index in [9.17, 15) is 22.4 Å². The van der Waals surface area contributed by atoms with Crippen molar-refractivity contribution >= 4 is 64.5 Å². The molecule has 0 saturated carbocycles. The molecule has 0 amide bonds. The highest BCUT2D eigenvalue weighted by molar-refractivity contribution is 9.11. The van der Waals surface area contributed by atoms with E-state index >= 15 is 0 Å². The normalized spacial score (nSPS) is 11.1. The summed E-state index contributed by atoms with van der Waals surface area (Å²) in [4.78, 5) is 22.8. The Morgan fingerprint density at radius 3 is 2.16 bits per heavy atom. The Balaban J connectivity index is 0.000000269. The van der Waals surface area contributed by atoms with Gasteiger partial charge in [-0.1, -0.05) is 12.1 Å². The predicted molar refractivity (Wildman–Crippen MR) is 121 cm³/mol. The SMILES string of the molecule is Fc1ncc(Br)cc1Br.O=C(c1cc(Br)cnc1F)C(F)(F)c1ccc2ncccc2c1. The summed E-state index contributed by atoms with van der Waals surface area (Å²) in [6.07, 6.45) is 4.03. The van der Waals surface area contributed by atoms with Crippen LogP contribution in [0.15, 0.2) is 74.5 Å². The van der Waals surface area contributed by atoms with Crippen molar-refractivity contribution in [1.82, 2.24) is 15.0 Å². The second-order valence-electron chi connectivity index (χ2n) is 6.23. The largest absolute Gasteiger partial charge is 0.335 e. The van der Waals surface area contributed by atoms with E-state index < -0.39 is 34.7 Å². The fraction of sp³-hybridized carbons (Fsp3) is 0.0476. The van der Waals surface area contributed by atoms with Gasteiger partial charge in [-0.15, -0.1) is 0 Å². The fourth-order valence-corrected chi connectivity index (χ4v) is 3.87. The van der Waals surface area contributed by atoms with Crippen LogP contribution in [-0.4, -0.2) is 20.7 Å². The number of hydrogen-bond donors (Lipinski definition) is 0. The first kappa shape index (κ1) is 24.4. The summed E-state index contributed by atoms with van der Waals surface area (Å²) in [5.41, 5.74) is -0.771. The molecule has 164 valence electrons. The number of aromatic nitrogens is 3. The van der Waals surface area contributed by atoms with E-state index in [2.05, 4.69) is 62.7 Å². The number of alkyl halides is 2. The van der Waals surface area contributed by atoms with Crippen LogP contribution in [0.4, 0.5) is 17.6 Å². The molecular weight excluding hydrogens is 626 g/mol. The van der Waals surface area contributed by atoms with E-state index in [0.717, 1.165) is 22.8 Å². The van der Waals surface area contributed by atoms with Gasteiger partial charge in [0, 0.05) is 38.5 Å². The molecule has 3 aromatic heterocycles. The smallest absolute Gasteiger partial charge is 0.287 e. The summed E-state index contributed by atoms with van der Waals surface area (Å²) < 4.78 is 56.3. The third-order valence-electron chi connectivity index (χ3n) is 4.06. The number of rotatable bonds is 3. The lowest BCUT2D eigenvalue weighted by Gasteiger charge is -2.16. The second-order valence-corrected chi connectivity index (χ2v) is 8.92. The topological polar surface area (TPSA) is 55.7 Å². The van der Waals surface area contributed by atoms with Gasteiger partial charge in [-0.25, -0.2) is 9.97 Å². The standard InChI is InChI=1S/C16H8BrF3N2O.C5H2Br2FN/c17-11-7-12(15(18)22-8-11)14(23)16(19,20)10-3-4-13-9(6-10)2-1-5-21-13;6-3-1-4(7)5(8)9-2-3/h1-8H;1-2H. The van der Waals surface area contributed by atoms with Crippen molar-refractivity contribution in [3.05, 3.63) is 97.5 Å². The molecule has 0 saturated heterocycles. The predicted octanol–water partition coefficient (Wildman–Crippen LogP) is 7.25. The minimum atomic E-state index is -3.88. The summed E-state index contributed by atoms with van der Waals surface area (Å²) in [5.74, 6) is -7.25. The maximum atomic E-state index is 14.5. The van der Waals surface area contributed by atoms with Crippen molar-refractivity contribution < 1.29 is 22.4 Å². The molecule has 0 fully saturated rings. The molecule has 0 N–H and O–H groups in total. The second kappa shape index (κ2) is 10.1. The molecule has 1 aromatic carbocycles. The van der Waals surface area contributed by atoms with Crippen molar-refractivity contribution in [2.24, 2.45) is 0 Å². The lowest BCUT2D eigenvalue weighted by molar-refractivity contribution is 0.00701. The van der Waals surface area contributed by atoms with Crippen molar-refractivity contribution in [2.75, 3.05) is 0 Å². The number of carbonyl (C=O) groups is 1. The number of nitrogens with zero attached hydrogens (tertiary/aromatic N) is 3.